The van der Waals surface area contributed by atoms with Crippen LogP contribution in [0.15, 0.2) is 35.1 Å². The third-order valence-corrected chi connectivity index (χ3v) is 4.07. The summed E-state index contributed by atoms with van der Waals surface area (Å²) in [5.41, 5.74) is 1.71. The first-order valence-corrected chi connectivity index (χ1v) is 6.96. The molecule has 0 bridgehead atoms. The van der Waals surface area contributed by atoms with E-state index >= 15 is 0 Å². The predicted molar refractivity (Wildman–Crippen MR) is 79.9 cm³/mol. The maximum absolute atomic E-state index is 12.3. The molecule has 110 valence electrons. The Morgan fingerprint density at radius 3 is 2.71 bits per heavy atom. The fourth-order valence-corrected chi connectivity index (χ4v) is 2.35. The molecule has 1 unspecified atom stereocenters. The summed E-state index contributed by atoms with van der Waals surface area (Å²) < 4.78 is 2.14. The predicted octanol–water partition coefficient (Wildman–Crippen LogP) is 2.05. The molecule has 0 fully saturated rings. The van der Waals surface area contributed by atoms with Crippen LogP contribution in [0.2, 0.25) is 0 Å². The zero-order valence-corrected chi connectivity index (χ0v) is 13.1. The molecule has 0 saturated carbocycles. The number of hydrogen-bond donors (Lipinski definition) is 2. The number of carbonyl (C=O) groups is 2. The van der Waals surface area contributed by atoms with Gasteiger partial charge in [-0.15, -0.1) is 0 Å². The van der Waals surface area contributed by atoms with Crippen LogP contribution in [-0.4, -0.2) is 26.8 Å². The van der Waals surface area contributed by atoms with E-state index in [1.165, 1.54) is 10.9 Å². The van der Waals surface area contributed by atoms with Crippen molar-refractivity contribution in [3.05, 3.63) is 51.8 Å². The van der Waals surface area contributed by atoms with Crippen molar-refractivity contribution in [2.45, 2.75) is 13.0 Å². The van der Waals surface area contributed by atoms with Crippen LogP contribution < -0.4 is 5.32 Å². The van der Waals surface area contributed by atoms with Gasteiger partial charge in [0.05, 0.1) is 11.8 Å². The number of nitrogens with one attached hydrogen (secondary N) is 1. The van der Waals surface area contributed by atoms with Gasteiger partial charge in [0, 0.05) is 23.3 Å². The van der Waals surface area contributed by atoms with E-state index in [4.69, 9.17) is 0 Å². The fraction of sp³-hybridized carbons (Fsp3) is 0.214. The second kappa shape index (κ2) is 6.09. The molecule has 1 aromatic heterocycles. The van der Waals surface area contributed by atoms with Crippen molar-refractivity contribution in [1.82, 2.24) is 15.1 Å². The van der Waals surface area contributed by atoms with Gasteiger partial charge in [0.1, 0.15) is 0 Å². The van der Waals surface area contributed by atoms with E-state index in [1.807, 2.05) is 13.0 Å². The zero-order valence-electron chi connectivity index (χ0n) is 11.5. The van der Waals surface area contributed by atoms with Gasteiger partial charge in [0.2, 0.25) is 0 Å². The average molecular weight is 352 g/mol. The molecule has 2 N–H and O–H groups in total. The highest BCUT2D eigenvalue weighted by molar-refractivity contribution is 9.10. The Morgan fingerprint density at radius 1 is 1.43 bits per heavy atom. The number of aryl methyl sites for hydroxylation is 2. The lowest BCUT2D eigenvalue weighted by Crippen LogP contribution is -2.33. The summed E-state index contributed by atoms with van der Waals surface area (Å²) in [4.78, 5) is 23.6. The molecule has 0 aliphatic heterocycles. The molecule has 0 saturated heterocycles. The molecule has 7 heteroatoms. The topological polar surface area (TPSA) is 84.2 Å². The summed E-state index contributed by atoms with van der Waals surface area (Å²) in [6.45, 7) is 1.86. The number of carboxylic acids is 1. The fourth-order valence-electron chi connectivity index (χ4n) is 1.91. The molecule has 2 rings (SSSR count). The lowest BCUT2D eigenvalue weighted by molar-refractivity contribution is -0.139. The molecule has 1 atom stereocenters. The quantitative estimate of drug-likeness (QED) is 0.882. The van der Waals surface area contributed by atoms with Gasteiger partial charge < -0.3 is 10.4 Å². The Hall–Kier alpha value is -2.15. The number of aromatic nitrogens is 2. The van der Waals surface area contributed by atoms with E-state index in [0.717, 1.165) is 5.56 Å². The van der Waals surface area contributed by atoms with Crippen LogP contribution in [-0.2, 0) is 11.8 Å². The van der Waals surface area contributed by atoms with Crippen molar-refractivity contribution in [3.63, 3.8) is 0 Å². The van der Waals surface area contributed by atoms with Crippen LogP contribution >= 0.6 is 15.9 Å². The highest BCUT2D eigenvalue weighted by atomic mass is 79.9. The van der Waals surface area contributed by atoms with Crippen molar-refractivity contribution in [3.8, 4) is 0 Å². The van der Waals surface area contributed by atoms with Crippen molar-refractivity contribution in [2.75, 3.05) is 0 Å². The van der Waals surface area contributed by atoms with Crippen LogP contribution in [0, 0.1) is 6.92 Å². The third kappa shape index (κ3) is 3.30. The first kappa shape index (κ1) is 15.2. The second-order valence-electron chi connectivity index (χ2n) is 4.63. The van der Waals surface area contributed by atoms with E-state index in [-0.39, 0.29) is 0 Å². The van der Waals surface area contributed by atoms with E-state index in [0.29, 0.717) is 15.6 Å². The largest absolute Gasteiger partial charge is 0.479 e. The summed E-state index contributed by atoms with van der Waals surface area (Å²) in [7, 11) is 1.68. The van der Waals surface area contributed by atoms with Crippen molar-refractivity contribution in [1.29, 1.82) is 0 Å². The third-order valence-electron chi connectivity index (χ3n) is 3.02. The molecule has 1 aromatic carbocycles. The number of hydrogen-bond acceptors (Lipinski definition) is 3. The van der Waals surface area contributed by atoms with Gasteiger partial charge >= 0.3 is 5.97 Å². The van der Waals surface area contributed by atoms with Crippen molar-refractivity contribution in [2.24, 2.45) is 7.05 Å². The number of halogens is 1. The van der Waals surface area contributed by atoms with Gasteiger partial charge in [-0.25, -0.2) is 4.79 Å². The maximum Gasteiger partial charge on any atom is 0.331 e. The Bertz CT molecular complexity index is 697. The smallest absolute Gasteiger partial charge is 0.331 e. The number of nitrogens with zero attached hydrogens (tertiary/aromatic N) is 2. The highest BCUT2D eigenvalue weighted by Gasteiger charge is 2.25. The molecule has 0 radical (unpaired) electrons. The summed E-state index contributed by atoms with van der Waals surface area (Å²) in [5.74, 6) is -1.60. The normalized spacial score (nSPS) is 12.0. The lowest BCUT2D eigenvalue weighted by atomic mass is 10.1. The number of carbonyl (C=O) groups excluding carboxylic acids is 1. The average Bonchev–Trinajstić information content (AvgIpc) is 2.84. The summed E-state index contributed by atoms with van der Waals surface area (Å²) in [5, 5.41) is 15.7. The summed E-state index contributed by atoms with van der Waals surface area (Å²) in [6.07, 6.45) is 2.98. The Balaban J connectivity index is 2.27. The molecular formula is C14H14BrN3O3. The lowest BCUT2D eigenvalue weighted by Gasteiger charge is -2.14. The zero-order chi connectivity index (χ0) is 15.6. The van der Waals surface area contributed by atoms with Gasteiger partial charge in [0.15, 0.2) is 6.04 Å². The number of rotatable bonds is 4. The van der Waals surface area contributed by atoms with E-state index in [9.17, 15) is 14.7 Å². The maximum atomic E-state index is 12.3. The summed E-state index contributed by atoms with van der Waals surface area (Å²) in [6, 6.07) is 4.10. The van der Waals surface area contributed by atoms with E-state index in [1.54, 1.807) is 25.4 Å². The van der Waals surface area contributed by atoms with Crippen LogP contribution in [0.25, 0.3) is 0 Å². The number of amides is 1. The molecule has 1 heterocycles. The van der Waals surface area contributed by atoms with Crippen LogP contribution in [0.1, 0.15) is 27.5 Å². The number of carboxylic acid groups (broad SMARTS) is 1. The Labute approximate surface area is 129 Å². The Morgan fingerprint density at radius 2 is 2.14 bits per heavy atom. The highest BCUT2D eigenvalue weighted by Crippen LogP contribution is 2.22. The SMILES string of the molecule is Cc1cccc(C(=O)NC(C(=O)O)c2cnn(C)c2)c1Br. The van der Waals surface area contributed by atoms with Gasteiger partial charge in [-0.2, -0.15) is 5.10 Å². The van der Waals surface area contributed by atoms with Gasteiger partial charge in [-0.3, -0.25) is 9.48 Å². The van der Waals surface area contributed by atoms with Gasteiger partial charge in [-0.05, 0) is 34.5 Å². The molecule has 2 aromatic rings. The number of aliphatic carboxylic acids is 1. The van der Waals surface area contributed by atoms with Crippen LogP contribution in [0.4, 0.5) is 0 Å². The molecule has 0 aliphatic carbocycles. The van der Waals surface area contributed by atoms with E-state index < -0.39 is 17.9 Å². The van der Waals surface area contributed by atoms with E-state index in [2.05, 4.69) is 26.3 Å². The van der Waals surface area contributed by atoms with Crippen molar-refractivity contribution >= 4 is 27.8 Å². The molecule has 21 heavy (non-hydrogen) atoms. The Kier molecular flexibility index (Phi) is 4.42. The molecule has 0 spiro atoms. The molecular weight excluding hydrogens is 338 g/mol. The van der Waals surface area contributed by atoms with Gasteiger partial charge in [-0.1, -0.05) is 12.1 Å². The first-order chi connectivity index (χ1) is 9.90. The van der Waals surface area contributed by atoms with Gasteiger partial charge in [0.25, 0.3) is 5.91 Å². The molecule has 6 nitrogen and oxygen atoms in total. The minimum atomic E-state index is -1.14. The number of benzene rings is 1. The van der Waals surface area contributed by atoms with Crippen molar-refractivity contribution < 1.29 is 14.7 Å². The second-order valence-corrected chi connectivity index (χ2v) is 5.42. The van der Waals surface area contributed by atoms with Crippen LogP contribution in [0.3, 0.4) is 0 Å². The van der Waals surface area contributed by atoms with Crippen LogP contribution in [0.5, 0.6) is 0 Å². The standard InChI is InChI=1S/C14H14BrN3O3/c1-8-4-3-5-10(11(8)15)13(19)17-12(14(20)21)9-6-16-18(2)7-9/h3-7,12H,1-2H3,(H,17,19)(H,20,21). The monoisotopic (exact) mass is 351 g/mol. The molecule has 1 amide bonds. The molecule has 0 aliphatic rings. The minimum Gasteiger partial charge on any atom is -0.479 e. The first-order valence-electron chi connectivity index (χ1n) is 6.17. The summed E-state index contributed by atoms with van der Waals surface area (Å²) >= 11 is 3.34. The minimum absolute atomic E-state index is 0.394.